The molecular formula is C14H18Cl2N2O3. The maximum absolute atomic E-state index is 12.0. The molecule has 0 aliphatic carbocycles. The highest BCUT2D eigenvalue weighted by Gasteiger charge is 2.26. The molecule has 0 heterocycles. The maximum Gasteiger partial charge on any atom is 0.321 e. The van der Waals surface area contributed by atoms with Crippen LogP contribution in [0, 0.1) is 0 Å². The number of benzene rings is 1. The molecule has 0 aliphatic heterocycles. The number of hydrogen-bond donors (Lipinski definition) is 2. The van der Waals surface area contributed by atoms with Crippen molar-refractivity contribution in [2.24, 2.45) is 0 Å². The molecule has 0 aromatic heterocycles. The van der Waals surface area contributed by atoms with Crippen LogP contribution in [0.2, 0.25) is 10.0 Å². The molecule has 116 valence electrons. The molecule has 1 unspecified atom stereocenters. The second kappa shape index (κ2) is 8.22. The molecule has 0 aliphatic rings. The summed E-state index contributed by atoms with van der Waals surface area (Å²) >= 11 is 11.7. The number of nitrogens with zero attached hydrogens (tertiary/aromatic N) is 1. The lowest BCUT2D eigenvalue weighted by Gasteiger charge is -2.25. The first-order chi connectivity index (χ1) is 9.88. The van der Waals surface area contributed by atoms with Gasteiger partial charge in [0.1, 0.15) is 6.04 Å². The molecule has 2 N–H and O–H groups in total. The average Bonchev–Trinajstić information content (AvgIpc) is 2.42. The molecule has 7 heteroatoms. The summed E-state index contributed by atoms with van der Waals surface area (Å²) in [6.07, 6.45) is -0.143. The van der Waals surface area contributed by atoms with Gasteiger partial charge in [0, 0.05) is 5.02 Å². The third kappa shape index (κ3) is 5.19. The fraction of sp³-hybridized carbons (Fsp3) is 0.429. The van der Waals surface area contributed by atoms with Crippen molar-refractivity contribution in [1.82, 2.24) is 4.90 Å². The van der Waals surface area contributed by atoms with Gasteiger partial charge in [-0.15, -0.1) is 0 Å². The Morgan fingerprint density at radius 3 is 2.38 bits per heavy atom. The van der Waals surface area contributed by atoms with Crippen LogP contribution >= 0.6 is 23.2 Å². The predicted molar refractivity (Wildman–Crippen MR) is 84.1 cm³/mol. The Kier molecular flexibility index (Phi) is 6.95. The highest BCUT2D eigenvalue weighted by Crippen LogP contribution is 2.25. The molecule has 1 aromatic carbocycles. The van der Waals surface area contributed by atoms with Crippen LogP contribution in [-0.4, -0.2) is 41.0 Å². The number of aliphatic carboxylic acids is 1. The van der Waals surface area contributed by atoms with E-state index in [4.69, 9.17) is 23.2 Å². The van der Waals surface area contributed by atoms with Gasteiger partial charge in [-0.25, -0.2) is 0 Å². The van der Waals surface area contributed by atoms with Crippen molar-refractivity contribution in [2.75, 3.05) is 18.4 Å². The average molecular weight is 333 g/mol. The van der Waals surface area contributed by atoms with E-state index < -0.39 is 17.9 Å². The number of likely N-dealkylation sites (N-methyl/N-ethyl adjacent to an activating group) is 1. The number of carboxylic acids is 1. The molecule has 0 spiro atoms. The van der Waals surface area contributed by atoms with Gasteiger partial charge in [-0.3, -0.25) is 14.5 Å². The van der Waals surface area contributed by atoms with Crippen molar-refractivity contribution in [3.05, 3.63) is 28.2 Å². The fourth-order valence-corrected chi connectivity index (χ4v) is 2.46. The largest absolute Gasteiger partial charge is 0.480 e. The first-order valence-electron chi connectivity index (χ1n) is 6.60. The molecule has 0 radical (unpaired) electrons. The molecule has 0 fully saturated rings. The summed E-state index contributed by atoms with van der Waals surface area (Å²) < 4.78 is 0. The first kappa shape index (κ1) is 17.8. The number of carbonyl (C=O) groups is 2. The zero-order valence-electron chi connectivity index (χ0n) is 11.9. The normalized spacial score (nSPS) is 12.2. The Labute approximate surface area is 133 Å². The van der Waals surface area contributed by atoms with Crippen LogP contribution < -0.4 is 5.32 Å². The van der Waals surface area contributed by atoms with Gasteiger partial charge in [0.05, 0.1) is 17.1 Å². The number of halogens is 2. The first-order valence-corrected chi connectivity index (χ1v) is 7.36. The van der Waals surface area contributed by atoms with Gasteiger partial charge in [-0.2, -0.15) is 0 Å². The fourth-order valence-electron chi connectivity index (χ4n) is 2.00. The van der Waals surface area contributed by atoms with Crippen LogP contribution in [0.3, 0.4) is 0 Å². The molecule has 0 saturated carbocycles. The molecule has 1 atom stereocenters. The standard InChI is InChI=1S/C14H18Cl2N2O3/c1-3-18(4-2)12(14(20)21)8-13(19)17-11-6-5-9(15)7-10(11)16/h5-7,12H,3-4,8H2,1-2H3,(H,17,19)(H,20,21). The Morgan fingerprint density at radius 1 is 1.29 bits per heavy atom. The summed E-state index contributed by atoms with van der Waals surface area (Å²) in [6, 6.07) is 3.83. The quantitative estimate of drug-likeness (QED) is 0.804. The molecule has 1 amide bonds. The van der Waals surface area contributed by atoms with Crippen molar-refractivity contribution in [2.45, 2.75) is 26.3 Å². The minimum absolute atomic E-state index is 0.143. The second-order valence-electron chi connectivity index (χ2n) is 4.45. The van der Waals surface area contributed by atoms with E-state index in [0.29, 0.717) is 28.8 Å². The van der Waals surface area contributed by atoms with Gasteiger partial charge >= 0.3 is 5.97 Å². The molecule has 1 aromatic rings. The highest BCUT2D eigenvalue weighted by molar-refractivity contribution is 6.36. The van der Waals surface area contributed by atoms with E-state index in [1.807, 2.05) is 13.8 Å². The Morgan fingerprint density at radius 2 is 1.90 bits per heavy atom. The number of rotatable bonds is 7. The lowest BCUT2D eigenvalue weighted by Crippen LogP contribution is -2.43. The lowest BCUT2D eigenvalue weighted by atomic mass is 10.1. The van der Waals surface area contributed by atoms with Crippen molar-refractivity contribution in [1.29, 1.82) is 0 Å². The maximum atomic E-state index is 12.0. The van der Waals surface area contributed by atoms with Crippen molar-refractivity contribution >= 4 is 40.8 Å². The van der Waals surface area contributed by atoms with E-state index in [-0.39, 0.29) is 6.42 Å². The lowest BCUT2D eigenvalue weighted by molar-refractivity contribution is -0.145. The van der Waals surface area contributed by atoms with Crippen molar-refractivity contribution in [3.63, 3.8) is 0 Å². The molecule has 21 heavy (non-hydrogen) atoms. The van der Waals surface area contributed by atoms with Gasteiger partial charge in [-0.05, 0) is 31.3 Å². The van der Waals surface area contributed by atoms with E-state index >= 15 is 0 Å². The van der Waals surface area contributed by atoms with Gasteiger partial charge in [0.25, 0.3) is 0 Å². The smallest absolute Gasteiger partial charge is 0.321 e. The molecule has 1 rings (SSSR count). The van der Waals surface area contributed by atoms with Gasteiger partial charge in [-0.1, -0.05) is 37.0 Å². The topological polar surface area (TPSA) is 69.6 Å². The number of hydrogen-bond acceptors (Lipinski definition) is 3. The van der Waals surface area contributed by atoms with Crippen molar-refractivity contribution in [3.8, 4) is 0 Å². The zero-order valence-corrected chi connectivity index (χ0v) is 13.4. The van der Waals surface area contributed by atoms with Crippen LogP contribution in [0.5, 0.6) is 0 Å². The molecule has 0 bridgehead atoms. The summed E-state index contributed by atoms with van der Waals surface area (Å²) in [7, 11) is 0. The third-order valence-corrected chi connectivity index (χ3v) is 3.67. The number of nitrogens with one attached hydrogen (secondary N) is 1. The summed E-state index contributed by atoms with van der Waals surface area (Å²) in [5, 5.41) is 12.6. The van der Waals surface area contributed by atoms with Gasteiger partial charge in [0.15, 0.2) is 0 Å². The van der Waals surface area contributed by atoms with Crippen LogP contribution in [0.25, 0.3) is 0 Å². The van der Waals surface area contributed by atoms with E-state index in [0.717, 1.165) is 0 Å². The molecular weight excluding hydrogens is 315 g/mol. The van der Waals surface area contributed by atoms with E-state index in [2.05, 4.69) is 5.32 Å². The number of amides is 1. The summed E-state index contributed by atoms with van der Waals surface area (Å²) in [6.45, 7) is 4.83. The van der Waals surface area contributed by atoms with Crippen LogP contribution in [-0.2, 0) is 9.59 Å². The minimum atomic E-state index is -1.02. The van der Waals surface area contributed by atoms with Gasteiger partial charge in [0.2, 0.25) is 5.91 Å². The van der Waals surface area contributed by atoms with E-state index in [1.54, 1.807) is 17.0 Å². The van der Waals surface area contributed by atoms with Crippen LogP contribution in [0.1, 0.15) is 20.3 Å². The van der Waals surface area contributed by atoms with E-state index in [9.17, 15) is 14.7 Å². The number of carboxylic acid groups (broad SMARTS) is 1. The SMILES string of the molecule is CCN(CC)C(CC(=O)Nc1ccc(Cl)cc1Cl)C(=O)O. The van der Waals surface area contributed by atoms with Gasteiger partial charge < -0.3 is 10.4 Å². The van der Waals surface area contributed by atoms with Crippen LogP contribution in [0.15, 0.2) is 18.2 Å². The Hall–Kier alpha value is -1.30. The van der Waals surface area contributed by atoms with E-state index in [1.165, 1.54) is 6.07 Å². The summed E-state index contributed by atoms with van der Waals surface area (Å²) in [4.78, 5) is 25.0. The molecule has 0 saturated heterocycles. The highest BCUT2D eigenvalue weighted by atomic mass is 35.5. The Balaban J connectivity index is 2.76. The number of carbonyl (C=O) groups excluding carboxylic acids is 1. The second-order valence-corrected chi connectivity index (χ2v) is 5.30. The zero-order chi connectivity index (χ0) is 16.0. The Bertz CT molecular complexity index is 519. The third-order valence-electron chi connectivity index (χ3n) is 3.12. The van der Waals surface area contributed by atoms with Crippen molar-refractivity contribution < 1.29 is 14.7 Å². The summed E-state index contributed by atoms with van der Waals surface area (Å²) in [5.41, 5.74) is 0.412. The molecule has 5 nitrogen and oxygen atoms in total. The van der Waals surface area contributed by atoms with Crippen LogP contribution in [0.4, 0.5) is 5.69 Å². The minimum Gasteiger partial charge on any atom is -0.480 e. The summed E-state index contributed by atoms with van der Waals surface area (Å²) in [5.74, 6) is -1.42. The monoisotopic (exact) mass is 332 g/mol. The predicted octanol–water partition coefficient (Wildman–Crippen LogP) is 3.12. The number of anilines is 1.